The van der Waals surface area contributed by atoms with Gasteiger partial charge in [-0.15, -0.1) is 10.2 Å². The zero-order valence-corrected chi connectivity index (χ0v) is 20.3. The minimum absolute atomic E-state index is 0.167. The van der Waals surface area contributed by atoms with Crippen LogP contribution in [0.3, 0.4) is 0 Å². The summed E-state index contributed by atoms with van der Waals surface area (Å²) in [5.74, 6) is -0.167. The number of sulfonamides is 1. The predicted molar refractivity (Wildman–Crippen MR) is 133 cm³/mol. The highest BCUT2D eigenvalue weighted by molar-refractivity contribution is 8.00. The molecule has 1 atom stereocenters. The van der Waals surface area contributed by atoms with Crippen molar-refractivity contribution in [2.75, 3.05) is 18.4 Å². The Bertz CT molecular complexity index is 1440. The number of fused-ring (bicyclic) bond motifs is 3. The molecule has 176 valence electrons. The van der Waals surface area contributed by atoms with E-state index in [1.165, 1.54) is 16.1 Å². The highest BCUT2D eigenvalue weighted by Gasteiger charge is 2.27. The van der Waals surface area contributed by atoms with Gasteiger partial charge in [0.25, 0.3) is 0 Å². The molecular formula is C24H25N5O3S2. The number of aromatic nitrogens is 3. The van der Waals surface area contributed by atoms with Gasteiger partial charge in [0.05, 0.1) is 15.7 Å². The van der Waals surface area contributed by atoms with Crippen LogP contribution >= 0.6 is 11.8 Å². The van der Waals surface area contributed by atoms with E-state index in [2.05, 4.69) is 15.5 Å². The summed E-state index contributed by atoms with van der Waals surface area (Å²) in [7, 11) is -3.48. The quantitative estimate of drug-likeness (QED) is 0.387. The fraction of sp³-hybridized carbons (Fsp3) is 0.292. The third-order valence-corrected chi connectivity index (χ3v) is 9.20. The summed E-state index contributed by atoms with van der Waals surface area (Å²) in [5, 5.41) is 12.8. The first-order valence-corrected chi connectivity index (χ1v) is 13.6. The number of hydrogen-bond acceptors (Lipinski definition) is 6. The smallest absolute Gasteiger partial charge is 0.243 e. The zero-order chi connectivity index (χ0) is 23.7. The number of anilines is 1. The molecule has 3 heterocycles. The number of carbonyl (C=O) groups excluding carboxylic acids is 1. The number of hydrogen-bond donors (Lipinski definition) is 1. The molecule has 8 nitrogen and oxygen atoms in total. The van der Waals surface area contributed by atoms with Gasteiger partial charge in [-0.3, -0.25) is 9.20 Å². The summed E-state index contributed by atoms with van der Waals surface area (Å²) in [6, 6.07) is 18.3. The molecule has 4 aromatic rings. The molecule has 0 saturated carbocycles. The number of benzene rings is 2. The van der Waals surface area contributed by atoms with Crippen molar-refractivity contribution in [2.24, 2.45) is 0 Å². The molecule has 0 aliphatic carbocycles. The fourth-order valence-electron chi connectivity index (χ4n) is 4.15. The van der Waals surface area contributed by atoms with Crippen LogP contribution in [0.1, 0.15) is 26.2 Å². The average molecular weight is 496 g/mol. The van der Waals surface area contributed by atoms with E-state index in [-0.39, 0.29) is 16.1 Å². The standard InChI is InChI=1S/C24H25N5O3S2/c1-2-21(33-24-27-26-22-14-9-17-7-3-4-8-20(17)29(22)24)23(30)25-18-10-12-19(13-11-18)34(31,32)28-15-5-6-16-28/h3-4,7-14,21H,2,5-6,15-16H2,1H3,(H,25,30). The molecule has 10 heteroatoms. The second kappa shape index (κ2) is 9.36. The first-order valence-electron chi connectivity index (χ1n) is 11.3. The van der Waals surface area contributed by atoms with E-state index in [1.54, 1.807) is 24.3 Å². The molecule has 1 unspecified atom stereocenters. The number of carbonyl (C=O) groups is 1. The van der Waals surface area contributed by atoms with Crippen molar-refractivity contribution in [1.29, 1.82) is 0 Å². The van der Waals surface area contributed by atoms with Crippen molar-refractivity contribution >= 4 is 49.9 Å². The van der Waals surface area contributed by atoms with E-state index >= 15 is 0 Å². The van der Waals surface area contributed by atoms with Gasteiger partial charge in [0, 0.05) is 18.8 Å². The second-order valence-corrected chi connectivity index (χ2v) is 11.3. The Hall–Kier alpha value is -2.95. The van der Waals surface area contributed by atoms with Gasteiger partial charge in [-0.25, -0.2) is 8.42 Å². The molecule has 5 rings (SSSR count). The van der Waals surface area contributed by atoms with Crippen molar-refractivity contribution in [1.82, 2.24) is 18.9 Å². The molecular weight excluding hydrogens is 470 g/mol. The third kappa shape index (κ3) is 4.28. The lowest BCUT2D eigenvalue weighted by molar-refractivity contribution is -0.115. The molecule has 1 N–H and O–H groups in total. The van der Waals surface area contributed by atoms with Gasteiger partial charge in [-0.1, -0.05) is 36.9 Å². The lowest BCUT2D eigenvalue weighted by atomic mass is 10.2. The number of thioether (sulfide) groups is 1. The molecule has 2 aromatic carbocycles. The van der Waals surface area contributed by atoms with Gasteiger partial charge in [-0.2, -0.15) is 4.31 Å². The van der Waals surface area contributed by atoms with Crippen LogP contribution in [0.25, 0.3) is 16.6 Å². The Morgan fingerprint density at radius 1 is 1.03 bits per heavy atom. The maximum absolute atomic E-state index is 13.0. The monoisotopic (exact) mass is 495 g/mol. The molecule has 34 heavy (non-hydrogen) atoms. The first-order chi connectivity index (χ1) is 16.5. The third-order valence-electron chi connectivity index (χ3n) is 5.98. The SMILES string of the molecule is CCC(Sc1nnc2ccc3ccccc3n12)C(=O)Nc1ccc(S(=O)(=O)N2CCCC2)cc1. The van der Waals surface area contributed by atoms with E-state index in [0.29, 0.717) is 30.4 Å². The van der Waals surface area contributed by atoms with Gasteiger partial charge < -0.3 is 5.32 Å². The van der Waals surface area contributed by atoms with Crippen LogP contribution < -0.4 is 5.32 Å². The number of nitrogens with one attached hydrogen (secondary N) is 1. The molecule has 1 aliphatic heterocycles. The minimum atomic E-state index is -3.48. The van der Waals surface area contributed by atoms with Gasteiger partial charge in [0.2, 0.25) is 15.9 Å². The minimum Gasteiger partial charge on any atom is -0.325 e. The van der Waals surface area contributed by atoms with Crippen LogP contribution in [0.5, 0.6) is 0 Å². The van der Waals surface area contributed by atoms with Crippen molar-refractivity contribution in [3.63, 3.8) is 0 Å². The number of para-hydroxylation sites is 1. The van der Waals surface area contributed by atoms with E-state index in [1.807, 2.05) is 47.7 Å². The van der Waals surface area contributed by atoms with Crippen LogP contribution in [-0.2, 0) is 14.8 Å². The summed E-state index contributed by atoms with van der Waals surface area (Å²) in [4.78, 5) is 13.3. The van der Waals surface area contributed by atoms with Gasteiger partial charge in [-0.05, 0) is 67.1 Å². The summed E-state index contributed by atoms with van der Waals surface area (Å²) in [6.07, 6.45) is 2.37. The molecule has 1 saturated heterocycles. The number of pyridine rings is 1. The lowest BCUT2D eigenvalue weighted by Crippen LogP contribution is -2.28. The Morgan fingerprint density at radius 3 is 2.50 bits per heavy atom. The van der Waals surface area contributed by atoms with Gasteiger partial charge >= 0.3 is 0 Å². The Kier molecular flexibility index (Phi) is 6.28. The summed E-state index contributed by atoms with van der Waals surface area (Å²) >= 11 is 1.37. The van der Waals surface area contributed by atoms with Crippen LogP contribution in [-0.4, -0.2) is 51.6 Å². The molecule has 0 radical (unpaired) electrons. The van der Waals surface area contributed by atoms with Crippen molar-refractivity contribution < 1.29 is 13.2 Å². The topological polar surface area (TPSA) is 96.7 Å². The Labute approximate surface area is 202 Å². The average Bonchev–Trinajstić information content (AvgIpc) is 3.54. The lowest BCUT2D eigenvalue weighted by Gasteiger charge is -2.16. The van der Waals surface area contributed by atoms with E-state index in [0.717, 1.165) is 29.4 Å². The largest absolute Gasteiger partial charge is 0.325 e. The van der Waals surface area contributed by atoms with Gasteiger partial charge in [0.15, 0.2) is 10.8 Å². The zero-order valence-electron chi connectivity index (χ0n) is 18.7. The fourth-order valence-corrected chi connectivity index (χ4v) is 6.64. The van der Waals surface area contributed by atoms with Crippen LogP contribution in [0, 0.1) is 0 Å². The maximum Gasteiger partial charge on any atom is 0.243 e. The second-order valence-electron chi connectivity index (χ2n) is 8.21. The number of amides is 1. The number of rotatable bonds is 7. The van der Waals surface area contributed by atoms with Crippen LogP contribution in [0.4, 0.5) is 5.69 Å². The van der Waals surface area contributed by atoms with Crippen molar-refractivity contribution in [2.45, 2.75) is 41.5 Å². The molecule has 0 bridgehead atoms. The van der Waals surface area contributed by atoms with E-state index in [9.17, 15) is 13.2 Å². The first kappa shape index (κ1) is 22.8. The van der Waals surface area contributed by atoms with E-state index < -0.39 is 10.0 Å². The molecule has 2 aromatic heterocycles. The van der Waals surface area contributed by atoms with Crippen molar-refractivity contribution in [3.05, 3.63) is 60.7 Å². The van der Waals surface area contributed by atoms with Crippen LogP contribution in [0.15, 0.2) is 70.7 Å². The highest BCUT2D eigenvalue weighted by atomic mass is 32.2. The Balaban J connectivity index is 1.33. The molecule has 1 fully saturated rings. The summed E-state index contributed by atoms with van der Waals surface area (Å²) < 4.78 is 28.9. The predicted octanol–water partition coefficient (Wildman–Crippen LogP) is 4.18. The maximum atomic E-state index is 13.0. The Morgan fingerprint density at radius 2 is 1.76 bits per heavy atom. The van der Waals surface area contributed by atoms with E-state index in [4.69, 9.17) is 0 Å². The van der Waals surface area contributed by atoms with Gasteiger partial charge in [0.1, 0.15) is 0 Å². The van der Waals surface area contributed by atoms with Crippen molar-refractivity contribution in [3.8, 4) is 0 Å². The molecule has 0 spiro atoms. The normalized spacial score (nSPS) is 15.7. The van der Waals surface area contributed by atoms with Crippen LogP contribution in [0.2, 0.25) is 0 Å². The molecule has 1 amide bonds. The summed E-state index contributed by atoms with van der Waals surface area (Å²) in [6.45, 7) is 3.07. The molecule has 1 aliphatic rings. The highest BCUT2D eigenvalue weighted by Crippen LogP contribution is 2.29. The summed E-state index contributed by atoms with van der Waals surface area (Å²) in [5.41, 5.74) is 2.27. The number of nitrogens with zero attached hydrogens (tertiary/aromatic N) is 4.